The molecule has 0 aliphatic rings. The van der Waals surface area contributed by atoms with Crippen molar-refractivity contribution in [3.63, 3.8) is 0 Å². The molecule has 0 fully saturated rings. The summed E-state index contributed by atoms with van der Waals surface area (Å²) >= 11 is 6.06. The van der Waals surface area contributed by atoms with Crippen LogP contribution < -0.4 is 0 Å². The Morgan fingerprint density at radius 1 is 0.640 bits per heavy atom. The number of ketones is 1. The molecule has 0 N–H and O–H groups in total. The maximum Gasteiger partial charge on any atom is 0.189 e. The van der Waals surface area contributed by atoms with Crippen LogP contribution in [0.5, 0.6) is 0 Å². The smallest absolute Gasteiger partial charge is 0.189 e. The van der Waals surface area contributed by atoms with Gasteiger partial charge >= 0.3 is 0 Å². The molecule has 0 saturated heterocycles. The van der Waals surface area contributed by atoms with Gasteiger partial charge in [-0.15, -0.1) is 11.6 Å². The molecule has 2 heteroatoms. The van der Waals surface area contributed by atoms with Gasteiger partial charge in [0, 0.05) is 17.0 Å². The summed E-state index contributed by atoms with van der Waals surface area (Å²) in [6, 6.07) is 29.4. The highest BCUT2D eigenvalue weighted by atomic mass is 35.5. The second-order valence-corrected chi connectivity index (χ2v) is 6.10. The molecule has 3 aromatic rings. The van der Waals surface area contributed by atoms with Gasteiger partial charge in [0.25, 0.3) is 0 Å². The summed E-state index contributed by atoms with van der Waals surface area (Å²) in [6.45, 7) is 0. The van der Waals surface area contributed by atoms with Gasteiger partial charge in [0.05, 0.1) is 0 Å². The minimum Gasteiger partial charge on any atom is -0.289 e. The van der Waals surface area contributed by atoms with Gasteiger partial charge in [-0.25, -0.2) is 0 Å². The van der Waals surface area contributed by atoms with Gasteiger partial charge in [0.2, 0.25) is 0 Å². The van der Waals surface area contributed by atoms with E-state index in [2.05, 4.69) is 0 Å². The fourth-order valence-corrected chi connectivity index (χ4v) is 3.12. The lowest BCUT2D eigenvalue weighted by molar-refractivity contribution is 0.103. The highest BCUT2D eigenvalue weighted by molar-refractivity contribution is 6.20. The number of allylic oxidation sites excluding steroid dienone is 1. The van der Waals surface area contributed by atoms with E-state index in [0.717, 1.165) is 22.3 Å². The Hall–Kier alpha value is -2.64. The van der Waals surface area contributed by atoms with E-state index in [4.69, 9.17) is 11.6 Å². The highest BCUT2D eigenvalue weighted by Crippen LogP contribution is 2.30. The van der Waals surface area contributed by atoms with Crippen LogP contribution in [0, 0.1) is 0 Å². The number of carbonyl (C=O) groups excluding carboxylic acids is 1. The van der Waals surface area contributed by atoms with Crippen molar-refractivity contribution in [3.05, 3.63) is 113 Å². The number of hydrogen-bond donors (Lipinski definition) is 0. The summed E-state index contributed by atoms with van der Waals surface area (Å²) in [5, 5.41) is 0. The third kappa shape index (κ3) is 4.07. The van der Waals surface area contributed by atoms with Crippen LogP contribution in [-0.4, -0.2) is 11.7 Å². The van der Waals surface area contributed by atoms with Gasteiger partial charge in [-0.2, -0.15) is 0 Å². The number of alkyl halides is 1. The van der Waals surface area contributed by atoms with E-state index in [1.54, 1.807) is 0 Å². The van der Waals surface area contributed by atoms with Crippen LogP contribution in [0.4, 0.5) is 0 Å². The third-order valence-electron chi connectivity index (χ3n) is 4.08. The zero-order valence-electron chi connectivity index (χ0n) is 13.9. The molecular weight excluding hydrogens is 328 g/mol. The Labute approximate surface area is 153 Å². The quantitative estimate of drug-likeness (QED) is 0.304. The number of rotatable bonds is 6. The zero-order valence-corrected chi connectivity index (χ0v) is 14.6. The lowest BCUT2D eigenvalue weighted by Crippen LogP contribution is -2.08. The molecule has 0 aromatic heterocycles. The van der Waals surface area contributed by atoms with Gasteiger partial charge < -0.3 is 0 Å². The highest BCUT2D eigenvalue weighted by Gasteiger charge is 2.19. The predicted molar refractivity (Wildman–Crippen MR) is 105 cm³/mol. The SMILES string of the molecule is O=C(C(CCCl)=C(c1ccccc1)c1ccccc1)c1ccccc1. The van der Waals surface area contributed by atoms with E-state index in [1.807, 2.05) is 91.0 Å². The largest absolute Gasteiger partial charge is 0.289 e. The normalized spacial score (nSPS) is 10.3. The van der Waals surface area contributed by atoms with E-state index in [-0.39, 0.29) is 5.78 Å². The summed E-state index contributed by atoms with van der Waals surface area (Å²) in [4.78, 5) is 13.2. The first-order valence-corrected chi connectivity index (χ1v) is 8.84. The second-order valence-electron chi connectivity index (χ2n) is 5.72. The maximum absolute atomic E-state index is 13.2. The fraction of sp³-hybridized carbons (Fsp3) is 0.0870. The van der Waals surface area contributed by atoms with Crippen LogP contribution in [0.3, 0.4) is 0 Å². The summed E-state index contributed by atoms with van der Waals surface area (Å²) < 4.78 is 0. The molecule has 3 aromatic carbocycles. The average molecular weight is 347 g/mol. The predicted octanol–water partition coefficient (Wildman–Crippen LogP) is 6.00. The van der Waals surface area contributed by atoms with Gasteiger partial charge in [-0.1, -0.05) is 91.0 Å². The Kier molecular flexibility index (Phi) is 5.81. The summed E-state index contributed by atoms with van der Waals surface area (Å²) in [5.41, 5.74) is 4.44. The Morgan fingerprint density at radius 3 is 1.44 bits per heavy atom. The second kappa shape index (κ2) is 8.46. The van der Waals surface area contributed by atoms with Gasteiger partial charge in [0.15, 0.2) is 5.78 Å². The molecule has 0 bridgehead atoms. The van der Waals surface area contributed by atoms with E-state index in [9.17, 15) is 4.79 Å². The summed E-state index contributed by atoms with van der Waals surface area (Å²) in [6.07, 6.45) is 0.522. The Balaban J connectivity index is 2.23. The molecule has 0 amide bonds. The average Bonchev–Trinajstić information content (AvgIpc) is 2.69. The van der Waals surface area contributed by atoms with Crippen LogP contribution in [-0.2, 0) is 0 Å². The molecule has 1 nitrogen and oxygen atoms in total. The first-order chi connectivity index (χ1) is 12.3. The van der Waals surface area contributed by atoms with Gasteiger partial charge in [-0.05, 0) is 23.1 Å². The standard InChI is InChI=1S/C23H19ClO/c24-17-16-21(23(25)20-14-8-3-9-15-20)22(18-10-4-1-5-11-18)19-12-6-2-7-13-19/h1-15H,16-17H2. The third-order valence-corrected chi connectivity index (χ3v) is 4.27. The van der Waals surface area contributed by atoms with Crippen LogP contribution in [0.1, 0.15) is 27.9 Å². The zero-order chi connectivity index (χ0) is 17.5. The lowest BCUT2D eigenvalue weighted by Gasteiger charge is -2.15. The number of benzene rings is 3. The summed E-state index contributed by atoms with van der Waals surface area (Å²) in [7, 11) is 0. The molecule has 0 saturated carbocycles. The first-order valence-electron chi connectivity index (χ1n) is 8.31. The molecule has 25 heavy (non-hydrogen) atoms. The van der Waals surface area contributed by atoms with E-state index < -0.39 is 0 Å². The topological polar surface area (TPSA) is 17.1 Å². The van der Waals surface area contributed by atoms with Crippen LogP contribution in [0.25, 0.3) is 5.57 Å². The van der Waals surface area contributed by atoms with Crippen molar-refractivity contribution in [2.45, 2.75) is 6.42 Å². The van der Waals surface area contributed by atoms with Crippen molar-refractivity contribution in [2.24, 2.45) is 0 Å². The van der Waals surface area contributed by atoms with Crippen molar-refractivity contribution < 1.29 is 4.79 Å². The molecule has 0 radical (unpaired) electrons. The molecule has 0 unspecified atom stereocenters. The van der Waals surface area contributed by atoms with Crippen LogP contribution >= 0.6 is 11.6 Å². The number of Topliss-reactive ketones (excluding diaryl/α,β-unsaturated/α-hetero) is 1. The Bertz CT molecular complexity index is 811. The number of halogens is 1. The van der Waals surface area contributed by atoms with Crippen molar-refractivity contribution in [1.82, 2.24) is 0 Å². The molecule has 0 atom stereocenters. The van der Waals surface area contributed by atoms with Crippen LogP contribution in [0.2, 0.25) is 0 Å². The minimum atomic E-state index is 0.0314. The van der Waals surface area contributed by atoms with E-state index in [1.165, 1.54) is 0 Å². The minimum absolute atomic E-state index is 0.0314. The maximum atomic E-state index is 13.2. The monoisotopic (exact) mass is 346 g/mol. The molecule has 0 heterocycles. The molecule has 0 aliphatic carbocycles. The van der Waals surface area contributed by atoms with E-state index >= 15 is 0 Å². The number of hydrogen-bond acceptors (Lipinski definition) is 1. The van der Waals surface area contributed by atoms with Crippen molar-refractivity contribution in [2.75, 3.05) is 5.88 Å². The van der Waals surface area contributed by atoms with Crippen molar-refractivity contribution >= 4 is 23.0 Å². The molecule has 0 spiro atoms. The lowest BCUT2D eigenvalue weighted by atomic mass is 9.88. The molecular formula is C23H19ClO. The van der Waals surface area contributed by atoms with Crippen molar-refractivity contribution in [3.8, 4) is 0 Å². The fourth-order valence-electron chi connectivity index (χ4n) is 2.94. The van der Waals surface area contributed by atoms with Gasteiger partial charge in [-0.3, -0.25) is 4.79 Å². The number of carbonyl (C=O) groups is 1. The van der Waals surface area contributed by atoms with Crippen molar-refractivity contribution in [1.29, 1.82) is 0 Å². The molecule has 3 rings (SSSR count). The first kappa shape index (κ1) is 17.2. The van der Waals surface area contributed by atoms with Crippen LogP contribution in [0.15, 0.2) is 96.6 Å². The molecule has 0 aliphatic heterocycles. The molecule has 124 valence electrons. The van der Waals surface area contributed by atoms with E-state index in [0.29, 0.717) is 17.9 Å². The summed E-state index contributed by atoms with van der Waals surface area (Å²) in [5.74, 6) is 0.431. The van der Waals surface area contributed by atoms with Gasteiger partial charge in [0.1, 0.15) is 0 Å². The Morgan fingerprint density at radius 2 is 1.04 bits per heavy atom.